The van der Waals surface area contributed by atoms with E-state index in [-0.39, 0.29) is 11.4 Å². The third-order valence-corrected chi connectivity index (χ3v) is 4.00. The topological polar surface area (TPSA) is 26.3 Å². The van der Waals surface area contributed by atoms with Gasteiger partial charge in [0.15, 0.2) is 0 Å². The van der Waals surface area contributed by atoms with Crippen LogP contribution in [0.1, 0.15) is 37.3 Å². The quantitative estimate of drug-likeness (QED) is 0.727. The van der Waals surface area contributed by atoms with Crippen LogP contribution in [0.4, 0.5) is 0 Å². The average Bonchev–Trinajstić information content (AvgIpc) is 3.02. The van der Waals surface area contributed by atoms with Crippen molar-refractivity contribution in [3.05, 3.63) is 41.5 Å². The van der Waals surface area contributed by atoms with Gasteiger partial charge < -0.3 is 4.74 Å². The summed E-state index contributed by atoms with van der Waals surface area (Å²) in [7, 11) is 0. The Hall–Kier alpha value is -1.57. The Morgan fingerprint density at radius 2 is 2.29 bits per heavy atom. The van der Waals surface area contributed by atoms with Crippen molar-refractivity contribution < 1.29 is 9.53 Å². The van der Waals surface area contributed by atoms with E-state index < -0.39 is 0 Å². The minimum atomic E-state index is -0.353. The molecule has 2 atom stereocenters. The molecule has 0 heterocycles. The lowest BCUT2D eigenvalue weighted by molar-refractivity contribution is -0.147. The standard InChI is InChI=1S/C15H16O2/c1-3-12-10-7-5-6-8-11(10)13-9-15(12,13)14(16)17-4-2/h3,5-8,13H,4,9H2,1-2H3/b12-3+. The molecule has 2 unspecified atom stereocenters. The first kappa shape index (κ1) is 10.6. The van der Waals surface area contributed by atoms with Crippen molar-refractivity contribution in [2.24, 2.45) is 5.41 Å². The molecular weight excluding hydrogens is 212 g/mol. The third-order valence-electron chi connectivity index (χ3n) is 4.00. The average molecular weight is 228 g/mol. The highest BCUT2D eigenvalue weighted by molar-refractivity contribution is 6.02. The zero-order valence-electron chi connectivity index (χ0n) is 10.2. The molecule has 0 amide bonds. The zero-order chi connectivity index (χ0) is 12.0. The van der Waals surface area contributed by atoms with Gasteiger partial charge >= 0.3 is 5.97 Å². The van der Waals surface area contributed by atoms with E-state index in [0.29, 0.717) is 12.5 Å². The van der Waals surface area contributed by atoms with Gasteiger partial charge in [-0.3, -0.25) is 4.79 Å². The number of carbonyl (C=O) groups is 1. The summed E-state index contributed by atoms with van der Waals surface area (Å²) in [4.78, 5) is 12.2. The summed E-state index contributed by atoms with van der Waals surface area (Å²) in [6.45, 7) is 4.33. The SMILES string of the molecule is C/C=C1\c2ccccc2C2CC12C(=O)OCC. The molecule has 0 saturated heterocycles. The first-order valence-corrected chi connectivity index (χ1v) is 6.19. The molecule has 17 heavy (non-hydrogen) atoms. The second kappa shape index (κ2) is 3.46. The second-order valence-corrected chi connectivity index (χ2v) is 4.74. The van der Waals surface area contributed by atoms with Gasteiger partial charge in [0.05, 0.1) is 6.61 Å². The number of ether oxygens (including phenoxy) is 1. The van der Waals surface area contributed by atoms with Gasteiger partial charge in [-0.05, 0) is 37.0 Å². The lowest BCUT2D eigenvalue weighted by atomic mass is 9.93. The number of hydrogen-bond acceptors (Lipinski definition) is 2. The van der Waals surface area contributed by atoms with Crippen LogP contribution in [0.5, 0.6) is 0 Å². The van der Waals surface area contributed by atoms with Crippen molar-refractivity contribution in [2.45, 2.75) is 26.2 Å². The molecule has 0 bridgehead atoms. The van der Waals surface area contributed by atoms with Gasteiger partial charge in [0.1, 0.15) is 5.41 Å². The number of benzene rings is 1. The molecule has 1 saturated carbocycles. The van der Waals surface area contributed by atoms with E-state index in [1.165, 1.54) is 11.1 Å². The van der Waals surface area contributed by atoms with Crippen LogP contribution in [-0.4, -0.2) is 12.6 Å². The second-order valence-electron chi connectivity index (χ2n) is 4.74. The maximum absolute atomic E-state index is 12.2. The van der Waals surface area contributed by atoms with Crippen molar-refractivity contribution in [3.63, 3.8) is 0 Å². The van der Waals surface area contributed by atoms with Crippen LogP contribution in [-0.2, 0) is 9.53 Å². The molecular formula is C15H16O2. The van der Waals surface area contributed by atoms with E-state index >= 15 is 0 Å². The maximum atomic E-state index is 12.2. The number of rotatable bonds is 2. The summed E-state index contributed by atoms with van der Waals surface area (Å²) in [6, 6.07) is 8.33. The first-order chi connectivity index (χ1) is 8.25. The van der Waals surface area contributed by atoms with Crippen LogP contribution in [0.3, 0.4) is 0 Å². The van der Waals surface area contributed by atoms with E-state index in [9.17, 15) is 4.79 Å². The van der Waals surface area contributed by atoms with E-state index in [4.69, 9.17) is 4.74 Å². The van der Waals surface area contributed by atoms with Crippen LogP contribution in [0.15, 0.2) is 30.3 Å². The number of allylic oxidation sites excluding steroid dienone is 1. The van der Waals surface area contributed by atoms with Crippen molar-refractivity contribution in [1.82, 2.24) is 0 Å². The molecule has 3 rings (SSSR count). The van der Waals surface area contributed by atoms with Gasteiger partial charge in [-0.25, -0.2) is 0 Å². The van der Waals surface area contributed by atoms with Crippen molar-refractivity contribution in [3.8, 4) is 0 Å². The molecule has 1 aromatic carbocycles. The third kappa shape index (κ3) is 1.18. The van der Waals surface area contributed by atoms with Gasteiger partial charge in [0.2, 0.25) is 0 Å². The first-order valence-electron chi connectivity index (χ1n) is 6.19. The lowest BCUT2D eigenvalue weighted by Crippen LogP contribution is -2.19. The number of hydrogen-bond donors (Lipinski definition) is 0. The largest absolute Gasteiger partial charge is 0.465 e. The van der Waals surface area contributed by atoms with Crippen LogP contribution < -0.4 is 0 Å². The molecule has 0 radical (unpaired) electrons. The van der Waals surface area contributed by atoms with E-state index in [0.717, 1.165) is 12.0 Å². The van der Waals surface area contributed by atoms with Crippen molar-refractivity contribution in [2.75, 3.05) is 6.61 Å². The summed E-state index contributed by atoms with van der Waals surface area (Å²) in [5, 5.41) is 0. The van der Waals surface area contributed by atoms with Gasteiger partial charge in [-0.1, -0.05) is 30.3 Å². The smallest absolute Gasteiger partial charge is 0.317 e. The highest BCUT2D eigenvalue weighted by atomic mass is 16.5. The number of esters is 1. The van der Waals surface area contributed by atoms with Gasteiger partial charge in [-0.15, -0.1) is 0 Å². The molecule has 2 aliphatic rings. The van der Waals surface area contributed by atoms with E-state index in [1.807, 2.05) is 26.0 Å². The van der Waals surface area contributed by atoms with Gasteiger partial charge in [0, 0.05) is 5.92 Å². The summed E-state index contributed by atoms with van der Waals surface area (Å²) >= 11 is 0. The Morgan fingerprint density at radius 1 is 1.53 bits per heavy atom. The van der Waals surface area contributed by atoms with Crippen LogP contribution >= 0.6 is 0 Å². The fraction of sp³-hybridized carbons (Fsp3) is 0.400. The highest BCUT2D eigenvalue weighted by Crippen LogP contribution is 2.72. The van der Waals surface area contributed by atoms with Crippen molar-refractivity contribution >= 4 is 11.5 Å². The van der Waals surface area contributed by atoms with E-state index in [1.54, 1.807) is 0 Å². The van der Waals surface area contributed by atoms with Crippen LogP contribution in [0.25, 0.3) is 5.57 Å². The van der Waals surface area contributed by atoms with Crippen LogP contribution in [0, 0.1) is 5.41 Å². The summed E-state index contributed by atoms with van der Waals surface area (Å²) in [6.07, 6.45) is 2.99. The van der Waals surface area contributed by atoms with Gasteiger partial charge in [0.25, 0.3) is 0 Å². The molecule has 88 valence electrons. The lowest BCUT2D eigenvalue weighted by Gasteiger charge is -2.14. The zero-order valence-corrected chi connectivity index (χ0v) is 10.2. The Kier molecular flexibility index (Phi) is 2.15. The fourth-order valence-electron chi connectivity index (χ4n) is 3.23. The number of carbonyl (C=O) groups excluding carboxylic acids is 1. The predicted molar refractivity (Wildman–Crippen MR) is 66.5 cm³/mol. The normalized spacial score (nSPS) is 30.9. The molecule has 0 aromatic heterocycles. The molecule has 0 spiro atoms. The molecule has 2 nitrogen and oxygen atoms in total. The Bertz CT molecular complexity index is 515. The molecule has 1 fully saturated rings. The van der Waals surface area contributed by atoms with E-state index in [2.05, 4.69) is 18.2 Å². The monoisotopic (exact) mass is 228 g/mol. The minimum absolute atomic E-state index is 0.0469. The molecule has 2 aliphatic carbocycles. The molecule has 0 N–H and O–H groups in total. The molecule has 2 heteroatoms. The minimum Gasteiger partial charge on any atom is -0.465 e. The summed E-state index contributed by atoms with van der Waals surface area (Å²) < 4.78 is 5.25. The molecule has 0 aliphatic heterocycles. The summed E-state index contributed by atoms with van der Waals surface area (Å²) in [5.74, 6) is 0.304. The molecule has 1 aromatic rings. The predicted octanol–water partition coefficient (Wildman–Crippen LogP) is 3.14. The Morgan fingerprint density at radius 3 is 3.00 bits per heavy atom. The summed E-state index contributed by atoms with van der Waals surface area (Å²) in [5.41, 5.74) is 3.36. The highest BCUT2D eigenvalue weighted by Gasteiger charge is 2.68. The van der Waals surface area contributed by atoms with Gasteiger partial charge in [-0.2, -0.15) is 0 Å². The Balaban J connectivity index is 2.07. The maximum Gasteiger partial charge on any atom is 0.317 e. The fourth-order valence-corrected chi connectivity index (χ4v) is 3.23. The van der Waals surface area contributed by atoms with Crippen LogP contribution in [0.2, 0.25) is 0 Å². The number of fused-ring (bicyclic) bond motifs is 3. The van der Waals surface area contributed by atoms with Crippen molar-refractivity contribution in [1.29, 1.82) is 0 Å². The Labute approximate surface area is 101 Å².